The fourth-order valence-electron chi connectivity index (χ4n) is 1.29. The first-order valence-corrected chi connectivity index (χ1v) is 4.43. The van der Waals surface area contributed by atoms with Gasteiger partial charge in [0, 0.05) is 6.07 Å². The molecular weight excluding hydrogens is 224 g/mol. The SMILES string of the molecule is Nn1c(=S)[nH]c2cc(OC(F)F)ccc21. The molecule has 0 atom stereocenters. The molecule has 0 saturated heterocycles. The molecule has 0 aliphatic heterocycles. The van der Waals surface area contributed by atoms with E-state index in [-0.39, 0.29) is 5.75 Å². The molecule has 0 fully saturated rings. The Labute approximate surface area is 88.2 Å². The van der Waals surface area contributed by atoms with Gasteiger partial charge < -0.3 is 15.6 Å². The Bertz CT molecular complexity index is 548. The van der Waals surface area contributed by atoms with Crippen molar-refractivity contribution in [3.63, 3.8) is 0 Å². The topological polar surface area (TPSA) is 56.0 Å². The summed E-state index contributed by atoms with van der Waals surface area (Å²) in [6.07, 6.45) is 0. The molecule has 15 heavy (non-hydrogen) atoms. The van der Waals surface area contributed by atoms with Gasteiger partial charge in [0.25, 0.3) is 0 Å². The zero-order valence-electron chi connectivity index (χ0n) is 7.41. The molecule has 2 rings (SSSR count). The van der Waals surface area contributed by atoms with Crippen LogP contribution >= 0.6 is 12.2 Å². The molecular formula is C8H7F2N3OS. The minimum absolute atomic E-state index is 0.0642. The molecule has 3 N–H and O–H groups in total. The minimum atomic E-state index is -2.84. The van der Waals surface area contributed by atoms with Gasteiger partial charge in [-0.15, -0.1) is 0 Å². The van der Waals surface area contributed by atoms with Crippen LogP contribution in [0.25, 0.3) is 11.0 Å². The Morgan fingerprint density at radius 2 is 2.20 bits per heavy atom. The van der Waals surface area contributed by atoms with Crippen molar-refractivity contribution < 1.29 is 13.5 Å². The van der Waals surface area contributed by atoms with E-state index < -0.39 is 6.61 Å². The van der Waals surface area contributed by atoms with Crippen LogP contribution in [0.5, 0.6) is 5.75 Å². The average molecular weight is 231 g/mol. The molecule has 0 spiro atoms. The fraction of sp³-hybridized carbons (Fsp3) is 0.125. The van der Waals surface area contributed by atoms with Gasteiger partial charge >= 0.3 is 6.61 Å². The van der Waals surface area contributed by atoms with Crippen LogP contribution in [0.15, 0.2) is 18.2 Å². The van der Waals surface area contributed by atoms with Crippen molar-refractivity contribution in [2.45, 2.75) is 6.61 Å². The fourth-order valence-corrected chi connectivity index (χ4v) is 1.49. The number of hydrogen-bond donors (Lipinski definition) is 2. The molecule has 0 radical (unpaired) electrons. The monoisotopic (exact) mass is 231 g/mol. The van der Waals surface area contributed by atoms with Crippen molar-refractivity contribution in [2.75, 3.05) is 5.84 Å². The van der Waals surface area contributed by atoms with Crippen LogP contribution in [-0.2, 0) is 0 Å². The normalized spacial score (nSPS) is 11.1. The maximum atomic E-state index is 11.9. The van der Waals surface area contributed by atoms with Gasteiger partial charge in [0.15, 0.2) is 4.77 Å². The molecule has 7 heteroatoms. The van der Waals surface area contributed by atoms with E-state index in [0.717, 1.165) is 0 Å². The maximum Gasteiger partial charge on any atom is 0.387 e. The summed E-state index contributed by atoms with van der Waals surface area (Å²) in [5.74, 6) is 5.65. The van der Waals surface area contributed by atoms with Gasteiger partial charge in [0.2, 0.25) is 0 Å². The van der Waals surface area contributed by atoms with E-state index in [1.54, 1.807) is 6.07 Å². The second-order valence-corrected chi connectivity index (χ2v) is 3.24. The van der Waals surface area contributed by atoms with Crippen molar-refractivity contribution >= 4 is 23.3 Å². The Morgan fingerprint density at radius 3 is 2.87 bits per heavy atom. The van der Waals surface area contributed by atoms with Crippen molar-refractivity contribution in [2.24, 2.45) is 0 Å². The minimum Gasteiger partial charge on any atom is -0.435 e. The molecule has 0 aliphatic rings. The number of nitrogen functional groups attached to an aromatic ring is 1. The van der Waals surface area contributed by atoms with Gasteiger partial charge in [-0.2, -0.15) is 8.78 Å². The summed E-state index contributed by atoms with van der Waals surface area (Å²) >= 11 is 4.88. The Hall–Kier alpha value is -1.63. The number of ether oxygens (including phenoxy) is 1. The molecule has 1 heterocycles. The third-order valence-electron chi connectivity index (χ3n) is 1.91. The molecule has 1 aromatic heterocycles. The highest BCUT2D eigenvalue weighted by molar-refractivity contribution is 7.71. The highest BCUT2D eigenvalue weighted by Crippen LogP contribution is 2.20. The summed E-state index contributed by atoms with van der Waals surface area (Å²) in [5.41, 5.74) is 1.18. The van der Waals surface area contributed by atoms with E-state index in [0.29, 0.717) is 15.8 Å². The number of nitrogens with one attached hydrogen (secondary N) is 1. The van der Waals surface area contributed by atoms with Crippen molar-refractivity contribution in [3.05, 3.63) is 23.0 Å². The lowest BCUT2D eigenvalue weighted by atomic mass is 10.3. The van der Waals surface area contributed by atoms with E-state index in [9.17, 15) is 8.78 Å². The van der Waals surface area contributed by atoms with E-state index in [1.165, 1.54) is 16.8 Å². The molecule has 80 valence electrons. The van der Waals surface area contributed by atoms with Crippen LogP contribution < -0.4 is 10.6 Å². The quantitative estimate of drug-likeness (QED) is 0.614. The number of benzene rings is 1. The largest absolute Gasteiger partial charge is 0.435 e. The lowest BCUT2D eigenvalue weighted by Gasteiger charge is -2.03. The van der Waals surface area contributed by atoms with Gasteiger partial charge in [-0.1, -0.05) is 0 Å². The van der Waals surface area contributed by atoms with Gasteiger partial charge in [0.1, 0.15) is 5.75 Å². The van der Waals surface area contributed by atoms with Crippen LogP contribution in [0.1, 0.15) is 0 Å². The lowest BCUT2D eigenvalue weighted by molar-refractivity contribution is -0.0497. The molecule has 0 bridgehead atoms. The number of aromatic nitrogens is 2. The average Bonchev–Trinajstić information content (AvgIpc) is 2.41. The molecule has 0 saturated carbocycles. The number of nitrogens with two attached hydrogens (primary N) is 1. The predicted octanol–water partition coefficient (Wildman–Crippen LogP) is 2.01. The maximum absolute atomic E-state index is 11.9. The van der Waals surface area contributed by atoms with E-state index in [1.807, 2.05) is 0 Å². The van der Waals surface area contributed by atoms with Crippen LogP contribution in [0.4, 0.5) is 8.78 Å². The van der Waals surface area contributed by atoms with Crippen LogP contribution in [0.3, 0.4) is 0 Å². The highest BCUT2D eigenvalue weighted by Gasteiger charge is 2.07. The van der Waals surface area contributed by atoms with E-state index in [2.05, 4.69) is 9.72 Å². The number of H-pyrrole nitrogens is 1. The standard InChI is InChI=1S/C8H7F2N3OS/c9-7(10)14-4-1-2-6-5(3-4)12-8(15)13(6)11/h1-3,7H,11H2,(H,12,15). The third kappa shape index (κ3) is 1.78. The van der Waals surface area contributed by atoms with Gasteiger partial charge in [0.05, 0.1) is 11.0 Å². The zero-order valence-corrected chi connectivity index (χ0v) is 8.22. The van der Waals surface area contributed by atoms with Crippen LogP contribution in [0.2, 0.25) is 0 Å². The summed E-state index contributed by atoms with van der Waals surface area (Å²) < 4.78 is 29.7. The van der Waals surface area contributed by atoms with Crippen molar-refractivity contribution in [1.82, 2.24) is 9.66 Å². The predicted molar refractivity (Wildman–Crippen MR) is 53.9 cm³/mol. The number of fused-ring (bicyclic) bond motifs is 1. The number of imidazole rings is 1. The summed E-state index contributed by atoms with van der Waals surface area (Å²) in [4.78, 5) is 2.77. The van der Waals surface area contributed by atoms with Crippen molar-refractivity contribution in [1.29, 1.82) is 0 Å². The summed E-state index contributed by atoms with van der Waals surface area (Å²) in [6, 6.07) is 4.38. The molecule has 1 aromatic carbocycles. The number of hydrogen-bond acceptors (Lipinski definition) is 3. The second-order valence-electron chi connectivity index (χ2n) is 2.86. The Balaban J connectivity index is 2.52. The molecule has 2 aromatic rings. The molecule has 4 nitrogen and oxygen atoms in total. The smallest absolute Gasteiger partial charge is 0.387 e. The second kappa shape index (κ2) is 3.50. The highest BCUT2D eigenvalue weighted by atomic mass is 32.1. The van der Waals surface area contributed by atoms with Crippen LogP contribution in [-0.4, -0.2) is 16.3 Å². The number of aromatic amines is 1. The molecule has 0 unspecified atom stereocenters. The molecule has 0 aliphatic carbocycles. The van der Waals surface area contributed by atoms with E-state index >= 15 is 0 Å². The number of alkyl halides is 2. The Kier molecular flexibility index (Phi) is 2.31. The number of rotatable bonds is 2. The van der Waals surface area contributed by atoms with Gasteiger partial charge in [-0.05, 0) is 24.4 Å². The zero-order chi connectivity index (χ0) is 11.0. The number of halogens is 2. The van der Waals surface area contributed by atoms with Gasteiger partial charge in [-0.3, -0.25) is 0 Å². The molecule has 0 amide bonds. The third-order valence-corrected chi connectivity index (χ3v) is 2.21. The summed E-state index contributed by atoms with van der Waals surface area (Å²) in [6.45, 7) is -2.84. The number of nitrogens with zero attached hydrogens (tertiary/aromatic N) is 1. The van der Waals surface area contributed by atoms with Gasteiger partial charge in [-0.25, -0.2) is 4.68 Å². The summed E-state index contributed by atoms with van der Waals surface area (Å²) in [5, 5.41) is 0. The summed E-state index contributed by atoms with van der Waals surface area (Å²) in [7, 11) is 0. The first-order chi connectivity index (χ1) is 7.08. The first-order valence-electron chi connectivity index (χ1n) is 4.02. The van der Waals surface area contributed by atoms with Crippen molar-refractivity contribution in [3.8, 4) is 5.75 Å². The lowest BCUT2D eigenvalue weighted by Crippen LogP contribution is -2.07. The first kappa shape index (κ1) is 9.91. The van der Waals surface area contributed by atoms with E-state index in [4.69, 9.17) is 18.1 Å². The Morgan fingerprint density at radius 1 is 1.47 bits per heavy atom. The van der Waals surface area contributed by atoms with Crippen LogP contribution in [0, 0.1) is 4.77 Å².